The quantitative estimate of drug-likeness (QED) is 0.627. The van der Waals surface area contributed by atoms with Crippen molar-refractivity contribution in [3.05, 3.63) is 32.8 Å². The Hall–Kier alpha value is -2.16. The van der Waals surface area contributed by atoms with Crippen LogP contribution in [0.3, 0.4) is 0 Å². The molecular formula is C11H12BrN3O5. The number of carbonyl (C=O) groups excluding carboxylic acids is 1. The average molecular weight is 346 g/mol. The maximum atomic E-state index is 11.7. The normalized spacial score (nSPS) is 9.90. The second-order valence-corrected chi connectivity index (χ2v) is 4.77. The number of rotatable bonds is 5. The number of carbonyl (C=O) groups is 2. The van der Waals surface area contributed by atoms with E-state index in [4.69, 9.17) is 5.11 Å². The number of amides is 2. The Kier molecular flexibility index (Phi) is 5.44. The zero-order valence-corrected chi connectivity index (χ0v) is 12.1. The number of nitrogens with one attached hydrogen (secondary N) is 1. The van der Waals surface area contributed by atoms with Crippen molar-refractivity contribution in [2.24, 2.45) is 0 Å². The van der Waals surface area contributed by atoms with Gasteiger partial charge in [0.2, 0.25) is 0 Å². The van der Waals surface area contributed by atoms with Gasteiger partial charge < -0.3 is 15.3 Å². The molecule has 0 aliphatic heterocycles. The van der Waals surface area contributed by atoms with Gasteiger partial charge in [-0.05, 0) is 28.1 Å². The van der Waals surface area contributed by atoms with Gasteiger partial charge in [0.1, 0.15) is 0 Å². The van der Waals surface area contributed by atoms with Crippen LogP contribution in [0.1, 0.15) is 6.42 Å². The third-order valence-corrected chi connectivity index (χ3v) is 3.07. The van der Waals surface area contributed by atoms with Gasteiger partial charge >= 0.3 is 12.0 Å². The molecular weight excluding hydrogens is 334 g/mol. The second kappa shape index (κ2) is 6.85. The number of carboxylic acid groups (broad SMARTS) is 1. The lowest BCUT2D eigenvalue weighted by atomic mass is 10.3. The summed E-state index contributed by atoms with van der Waals surface area (Å²) in [5.74, 6) is -1.01. The first-order valence-corrected chi connectivity index (χ1v) is 6.28. The molecule has 0 unspecified atom stereocenters. The van der Waals surface area contributed by atoms with Crippen LogP contribution in [0, 0.1) is 10.1 Å². The molecule has 1 aromatic rings. The van der Waals surface area contributed by atoms with Gasteiger partial charge in [-0.25, -0.2) is 4.79 Å². The number of urea groups is 1. The zero-order chi connectivity index (χ0) is 15.3. The molecule has 0 saturated carbocycles. The highest BCUT2D eigenvalue weighted by atomic mass is 79.9. The number of carboxylic acids is 1. The first-order valence-electron chi connectivity index (χ1n) is 5.49. The minimum atomic E-state index is -1.01. The predicted octanol–water partition coefficient (Wildman–Crippen LogP) is 2.30. The average Bonchev–Trinajstić information content (AvgIpc) is 2.37. The Morgan fingerprint density at radius 2 is 2.15 bits per heavy atom. The van der Waals surface area contributed by atoms with Crippen molar-refractivity contribution in [2.75, 3.05) is 18.9 Å². The molecule has 0 aliphatic rings. The minimum absolute atomic E-state index is 0.0415. The van der Waals surface area contributed by atoms with E-state index in [2.05, 4.69) is 21.2 Å². The SMILES string of the molecule is CN(CCC(=O)O)C(=O)Nc1ccc(Br)c([N+](=O)[O-])c1. The molecule has 2 amide bonds. The van der Waals surface area contributed by atoms with Crippen LogP contribution in [-0.2, 0) is 4.79 Å². The van der Waals surface area contributed by atoms with E-state index in [0.717, 1.165) is 0 Å². The van der Waals surface area contributed by atoms with Crippen molar-refractivity contribution in [1.29, 1.82) is 0 Å². The van der Waals surface area contributed by atoms with Gasteiger partial charge in [0, 0.05) is 25.3 Å². The van der Waals surface area contributed by atoms with E-state index < -0.39 is 16.9 Å². The van der Waals surface area contributed by atoms with Crippen LogP contribution in [0.2, 0.25) is 0 Å². The fraction of sp³-hybridized carbons (Fsp3) is 0.273. The molecule has 0 aliphatic carbocycles. The largest absolute Gasteiger partial charge is 0.481 e. The van der Waals surface area contributed by atoms with Crippen LogP contribution in [0.15, 0.2) is 22.7 Å². The lowest BCUT2D eigenvalue weighted by Gasteiger charge is -2.16. The molecule has 0 spiro atoms. The highest BCUT2D eigenvalue weighted by molar-refractivity contribution is 9.10. The van der Waals surface area contributed by atoms with Crippen LogP contribution < -0.4 is 5.32 Å². The molecule has 0 fully saturated rings. The Morgan fingerprint density at radius 1 is 1.50 bits per heavy atom. The van der Waals surface area contributed by atoms with Crippen molar-refractivity contribution in [2.45, 2.75) is 6.42 Å². The number of anilines is 1. The summed E-state index contributed by atoms with van der Waals surface area (Å²) in [6.45, 7) is 0.0415. The van der Waals surface area contributed by atoms with Gasteiger partial charge in [-0.3, -0.25) is 14.9 Å². The van der Waals surface area contributed by atoms with Crippen LogP contribution in [0.25, 0.3) is 0 Å². The van der Waals surface area contributed by atoms with E-state index in [1.165, 1.54) is 30.1 Å². The molecule has 20 heavy (non-hydrogen) atoms. The number of hydrogen-bond donors (Lipinski definition) is 2. The third-order valence-electron chi connectivity index (χ3n) is 2.40. The number of aliphatic carboxylic acids is 1. The molecule has 0 bridgehead atoms. The molecule has 2 N–H and O–H groups in total. The summed E-state index contributed by atoms with van der Waals surface area (Å²) in [6.07, 6.45) is -0.176. The third kappa shape index (κ3) is 4.50. The lowest BCUT2D eigenvalue weighted by molar-refractivity contribution is -0.385. The van der Waals surface area contributed by atoms with Crippen LogP contribution in [-0.4, -0.2) is 40.5 Å². The van der Waals surface area contributed by atoms with Gasteiger partial charge in [0.25, 0.3) is 5.69 Å². The zero-order valence-electron chi connectivity index (χ0n) is 10.5. The van der Waals surface area contributed by atoms with Crippen molar-refractivity contribution in [3.8, 4) is 0 Å². The number of benzene rings is 1. The number of nitrogens with zero attached hydrogens (tertiary/aromatic N) is 2. The molecule has 1 rings (SSSR count). The highest BCUT2D eigenvalue weighted by Crippen LogP contribution is 2.27. The Bertz CT molecular complexity index is 549. The van der Waals surface area contributed by atoms with E-state index in [0.29, 0.717) is 4.47 Å². The second-order valence-electron chi connectivity index (χ2n) is 3.92. The number of nitro benzene ring substituents is 1. The fourth-order valence-corrected chi connectivity index (χ4v) is 1.71. The molecule has 0 atom stereocenters. The van der Waals surface area contributed by atoms with Crippen LogP contribution in [0.4, 0.5) is 16.2 Å². The molecule has 108 valence electrons. The summed E-state index contributed by atoms with van der Waals surface area (Å²) < 4.78 is 0.305. The van der Waals surface area contributed by atoms with Gasteiger partial charge in [-0.2, -0.15) is 0 Å². The summed E-state index contributed by atoms with van der Waals surface area (Å²) in [5, 5.41) is 21.7. The topological polar surface area (TPSA) is 113 Å². The fourth-order valence-electron chi connectivity index (χ4n) is 1.31. The maximum absolute atomic E-state index is 11.7. The van der Waals surface area contributed by atoms with Crippen molar-refractivity contribution >= 4 is 39.3 Å². The van der Waals surface area contributed by atoms with Crippen LogP contribution in [0.5, 0.6) is 0 Å². The number of hydrogen-bond acceptors (Lipinski definition) is 4. The summed E-state index contributed by atoms with van der Waals surface area (Å²) in [4.78, 5) is 33.5. The Labute approximate surface area is 122 Å². The lowest BCUT2D eigenvalue weighted by Crippen LogP contribution is -2.33. The van der Waals surface area contributed by atoms with E-state index in [1.807, 2.05) is 0 Å². The highest BCUT2D eigenvalue weighted by Gasteiger charge is 2.15. The molecule has 9 heteroatoms. The van der Waals surface area contributed by atoms with E-state index in [1.54, 1.807) is 0 Å². The van der Waals surface area contributed by atoms with Gasteiger partial charge in [-0.15, -0.1) is 0 Å². The first-order chi connectivity index (χ1) is 9.31. The number of halogens is 1. The van der Waals surface area contributed by atoms with Gasteiger partial charge in [0.05, 0.1) is 15.8 Å². The van der Waals surface area contributed by atoms with E-state index in [9.17, 15) is 19.7 Å². The Morgan fingerprint density at radius 3 is 2.70 bits per heavy atom. The number of nitro groups is 1. The van der Waals surface area contributed by atoms with E-state index >= 15 is 0 Å². The van der Waals surface area contributed by atoms with Crippen molar-refractivity contribution < 1.29 is 19.6 Å². The molecule has 0 aromatic heterocycles. The maximum Gasteiger partial charge on any atom is 0.321 e. The van der Waals surface area contributed by atoms with Gasteiger partial charge in [-0.1, -0.05) is 0 Å². The van der Waals surface area contributed by atoms with Crippen molar-refractivity contribution in [1.82, 2.24) is 4.90 Å². The van der Waals surface area contributed by atoms with E-state index in [-0.39, 0.29) is 24.3 Å². The summed E-state index contributed by atoms with van der Waals surface area (Å²) in [6, 6.07) is 3.63. The molecule has 8 nitrogen and oxygen atoms in total. The predicted molar refractivity (Wildman–Crippen MR) is 74.7 cm³/mol. The molecule has 1 aromatic carbocycles. The summed E-state index contributed by atoms with van der Waals surface area (Å²) in [5.41, 5.74) is 0.0862. The summed E-state index contributed by atoms with van der Waals surface area (Å²) in [7, 11) is 1.44. The minimum Gasteiger partial charge on any atom is -0.481 e. The first kappa shape index (κ1) is 15.9. The monoisotopic (exact) mass is 345 g/mol. The standard InChI is InChI=1S/C11H12BrN3O5/c1-14(5-4-10(16)17)11(18)13-7-2-3-8(12)9(6-7)15(19)20/h2-3,6H,4-5H2,1H3,(H,13,18)(H,16,17). The van der Waals surface area contributed by atoms with Crippen molar-refractivity contribution in [3.63, 3.8) is 0 Å². The smallest absolute Gasteiger partial charge is 0.321 e. The molecule has 0 radical (unpaired) electrons. The van der Waals surface area contributed by atoms with Gasteiger partial charge in [0.15, 0.2) is 0 Å². The summed E-state index contributed by atoms with van der Waals surface area (Å²) >= 11 is 3.04. The van der Waals surface area contributed by atoms with Crippen LogP contribution >= 0.6 is 15.9 Å². The molecule has 0 heterocycles. The molecule has 0 saturated heterocycles. The Balaban J connectivity index is 2.73.